The van der Waals surface area contributed by atoms with Gasteiger partial charge >= 0.3 is 0 Å². The number of hydrogen-bond donors (Lipinski definition) is 2. The van der Waals surface area contributed by atoms with Gasteiger partial charge in [-0.15, -0.1) is 0 Å². The molecule has 0 saturated heterocycles. The zero-order valence-electron chi connectivity index (χ0n) is 15.5. The van der Waals surface area contributed by atoms with Crippen LogP contribution in [0.5, 0.6) is 11.5 Å². The fraction of sp³-hybridized carbons (Fsp3) is 0.455. The lowest BCUT2D eigenvalue weighted by Gasteiger charge is -2.32. The highest BCUT2D eigenvalue weighted by Crippen LogP contribution is 2.31. The Balaban J connectivity index is 1.76. The SMILES string of the molecule is COc1ccc(Cc2ccc(C)cc2OC2CC(O)CC(CO)C2)cc1. The van der Waals surface area contributed by atoms with Gasteiger partial charge in [-0.05, 0) is 60.6 Å². The fourth-order valence-corrected chi connectivity index (χ4v) is 3.65. The van der Waals surface area contributed by atoms with Crippen LogP contribution in [-0.4, -0.2) is 36.1 Å². The molecular weight excluding hydrogens is 328 g/mol. The van der Waals surface area contributed by atoms with Gasteiger partial charge in [0.25, 0.3) is 0 Å². The third-order valence-corrected chi connectivity index (χ3v) is 5.06. The summed E-state index contributed by atoms with van der Waals surface area (Å²) in [5.41, 5.74) is 3.46. The first-order valence-electron chi connectivity index (χ1n) is 9.25. The maximum atomic E-state index is 10.1. The quantitative estimate of drug-likeness (QED) is 0.832. The maximum Gasteiger partial charge on any atom is 0.123 e. The summed E-state index contributed by atoms with van der Waals surface area (Å²) in [6.45, 7) is 2.15. The topological polar surface area (TPSA) is 58.9 Å². The predicted molar refractivity (Wildman–Crippen MR) is 102 cm³/mol. The molecular formula is C22H28O4. The minimum Gasteiger partial charge on any atom is -0.497 e. The van der Waals surface area contributed by atoms with Gasteiger partial charge in [-0.25, -0.2) is 0 Å². The van der Waals surface area contributed by atoms with E-state index >= 15 is 0 Å². The molecule has 4 nitrogen and oxygen atoms in total. The number of aryl methyl sites for hydroxylation is 1. The van der Waals surface area contributed by atoms with Gasteiger partial charge in [-0.3, -0.25) is 0 Å². The van der Waals surface area contributed by atoms with Crippen LogP contribution in [-0.2, 0) is 6.42 Å². The molecule has 0 amide bonds. The highest BCUT2D eigenvalue weighted by atomic mass is 16.5. The van der Waals surface area contributed by atoms with Crippen molar-refractivity contribution in [1.29, 1.82) is 0 Å². The molecule has 1 aliphatic carbocycles. The molecule has 26 heavy (non-hydrogen) atoms. The molecule has 1 fully saturated rings. The number of benzene rings is 2. The normalized spacial score (nSPS) is 22.8. The van der Waals surface area contributed by atoms with Crippen LogP contribution in [0.4, 0.5) is 0 Å². The third-order valence-electron chi connectivity index (χ3n) is 5.06. The summed E-state index contributed by atoms with van der Waals surface area (Å²) in [6.07, 6.45) is 2.37. The Bertz CT molecular complexity index is 711. The van der Waals surface area contributed by atoms with Gasteiger partial charge in [0.1, 0.15) is 17.6 Å². The van der Waals surface area contributed by atoms with Crippen molar-refractivity contribution in [2.75, 3.05) is 13.7 Å². The van der Waals surface area contributed by atoms with Crippen molar-refractivity contribution in [3.05, 3.63) is 59.2 Å². The second kappa shape index (κ2) is 8.56. The molecule has 3 rings (SSSR count). The second-order valence-electron chi connectivity index (χ2n) is 7.29. The minimum atomic E-state index is -0.402. The molecule has 0 aromatic heterocycles. The van der Waals surface area contributed by atoms with E-state index < -0.39 is 6.10 Å². The molecule has 3 unspecified atom stereocenters. The summed E-state index contributed by atoms with van der Waals surface area (Å²) >= 11 is 0. The number of ether oxygens (including phenoxy) is 2. The average Bonchev–Trinajstić information content (AvgIpc) is 2.64. The first-order valence-corrected chi connectivity index (χ1v) is 9.25. The molecule has 2 aromatic rings. The van der Waals surface area contributed by atoms with E-state index in [1.807, 2.05) is 12.1 Å². The fourth-order valence-electron chi connectivity index (χ4n) is 3.65. The molecule has 0 radical (unpaired) electrons. The first kappa shape index (κ1) is 18.7. The Kier molecular flexibility index (Phi) is 6.17. The predicted octanol–water partition coefficient (Wildman–Crippen LogP) is 3.50. The lowest BCUT2D eigenvalue weighted by Crippen LogP contribution is -2.35. The number of methoxy groups -OCH3 is 1. The highest BCUT2D eigenvalue weighted by molar-refractivity contribution is 5.41. The van der Waals surface area contributed by atoms with Crippen molar-refractivity contribution in [3.8, 4) is 11.5 Å². The van der Waals surface area contributed by atoms with Crippen molar-refractivity contribution in [2.24, 2.45) is 5.92 Å². The monoisotopic (exact) mass is 356 g/mol. The zero-order valence-corrected chi connectivity index (χ0v) is 15.5. The van der Waals surface area contributed by atoms with E-state index in [1.54, 1.807) is 7.11 Å². The average molecular weight is 356 g/mol. The molecule has 1 aliphatic rings. The van der Waals surface area contributed by atoms with E-state index in [0.29, 0.717) is 12.8 Å². The van der Waals surface area contributed by atoms with E-state index in [4.69, 9.17) is 9.47 Å². The number of hydrogen-bond acceptors (Lipinski definition) is 4. The minimum absolute atomic E-state index is 0.0627. The Labute approximate surface area is 155 Å². The molecule has 0 spiro atoms. The van der Waals surface area contributed by atoms with Gasteiger partial charge < -0.3 is 19.7 Å². The van der Waals surface area contributed by atoms with Crippen LogP contribution in [0.15, 0.2) is 42.5 Å². The zero-order chi connectivity index (χ0) is 18.5. The van der Waals surface area contributed by atoms with E-state index in [0.717, 1.165) is 35.5 Å². The van der Waals surface area contributed by atoms with Crippen molar-refractivity contribution in [3.63, 3.8) is 0 Å². The van der Waals surface area contributed by atoms with Crippen LogP contribution in [0, 0.1) is 12.8 Å². The Morgan fingerprint density at radius 1 is 1.04 bits per heavy atom. The van der Waals surface area contributed by atoms with Crippen molar-refractivity contribution < 1.29 is 19.7 Å². The van der Waals surface area contributed by atoms with E-state index in [9.17, 15) is 10.2 Å². The number of aliphatic hydroxyl groups excluding tert-OH is 2. The summed E-state index contributed by atoms with van der Waals surface area (Å²) in [6, 6.07) is 14.3. The maximum absolute atomic E-state index is 10.1. The summed E-state index contributed by atoms with van der Waals surface area (Å²) in [4.78, 5) is 0. The van der Waals surface area contributed by atoms with Gasteiger partial charge in [-0.2, -0.15) is 0 Å². The van der Waals surface area contributed by atoms with Crippen LogP contribution in [0.2, 0.25) is 0 Å². The molecule has 140 valence electrons. The summed E-state index contributed by atoms with van der Waals surface area (Å²) in [5, 5.41) is 19.5. The second-order valence-corrected chi connectivity index (χ2v) is 7.29. The molecule has 0 aliphatic heterocycles. The van der Waals surface area contributed by atoms with Gasteiger partial charge in [0, 0.05) is 19.4 Å². The van der Waals surface area contributed by atoms with Gasteiger partial charge in [-0.1, -0.05) is 24.3 Å². The third kappa shape index (κ3) is 4.77. The highest BCUT2D eigenvalue weighted by Gasteiger charge is 2.29. The molecule has 0 heterocycles. The lowest BCUT2D eigenvalue weighted by atomic mass is 9.85. The molecule has 0 bridgehead atoms. The van der Waals surface area contributed by atoms with Gasteiger partial charge in [0.2, 0.25) is 0 Å². The molecule has 2 N–H and O–H groups in total. The van der Waals surface area contributed by atoms with Crippen LogP contribution in [0.1, 0.15) is 36.0 Å². The van der Waals surface area contributed by atoms with E-state index in [1.165, 1.54) is 5.56 Å². The van der Waals surface area contributed by atoms with Crippen molar-refractivity contribution in [1.82, 2.24) is 0 Å². The van der Waals surface area contributed by atoms with E-state index in [-0.39, 0.29) is 18.6 Å². The standard InChI is InChI=1S/C22H28O4/c1-15-3-6-18(10-16-4-7-20(25-2)8-5-16)22(9-15)26-21-12-17(14-23)11-19(24)13-21/h3-9,17,19,21,23-24H,10-14H2,1-2H3. The summed E-state index contributed by atoms with van der Waals surface area (Å²) in [7, 11) is 1.67. The smallest absolute Gasteiger partial charge is 0.123 e. The Morgan fingerprint density at radius 3 is 2.50 bits per heavy atom. The van der Waals surface area contributed by atoms with Gasteiger partial charge in [0.05, 0.1) is 13.2 Å². The first-order chi connectivity index (χ1) is 12.6. The lowest BCUT2D eigenvalue weighted by molar-refractivity contribution is 0.0103. The molecule has 2 aromatic carbocycles. The van der Waals surface area contributed by atoms with Crippen LogP contribution in [0.25, 0.3) is 0 Å². The van der Waals surface area contributed by atoms with Crippen LogP contribution >= 0.6 is 0 Å². The Morgan fingerprint density at radius 2 is 1.81 bits per heavy atom. The largest absolute Gasteiger partial charge is 0.497 e. The molecule has 1 saturated carbocycles. The van der Waals surface area contributed by atoms with Crippen molar-refractivity contribution in [2.45, 2.75) is 44.8 Å². The summed E-state index contributed by atoms with van der Waals surface area (Å²) in [5.74, 6) is 1.83. The van der Waals surface area contributed by atoms with E-state index in [2.05, 4.69) is 37.3 Å². The van der Waals surface area contributed by atoms with Crippen LogP contribution < -0.4 is 9.47 Å². The summed E-state index contributed by atoms with van der Waals surface area (Å²) < 4.78 is 11.5. The molecule has 3 atom stereocenters. The van der Waals surface area contributed by atoms with Crippen molar-refractivity contribution >= 4 is 0 Å². The van der Waals surface area contributed by atoms with Crippen LogP contribution in [0.3, 0.4) is 0 Å². The molecule has 4 heteroatoms. The van der Waals surface area contributed by atoms with Gasteiger partial charge in [0.15, 0.2) is 0 Å². The number of rotatable bonds is 6. The number of aliphatic hydroxyl groups is 2. The Hall–Kier alpha value is -2.04.